The highest BCUT2D eigenvalue weighted by Gasteiger charge is 2.21. The maximum Gasteiger partial charge on any atom is 0.246 e. The number of aryl methyl sites for hydroxylation is 1. The molecule has 0 aromatic heterocycles. The molecule has 1 unspecified atom stereocenters. The lowest BCUT2D eigenvalue weighted by molar-refractivity contribution is -0.126. The number of nitrogens with one attached hydrogen (secondary N) is 1. The van der Waals surface area contributed by atoms with Gasteiger partial charge in [0.25, 0.3) is 0 Å². The van der Waals surface area contributed by atoms with Crippen LogP contribution >= 0.6 is 11.6 Å². The fraction of sp³-hybridized carbons (Fsp3) is 0.400. The molecule has 0 radical (unpaired) electrons. The van der Waals surface area contributed by atoms with Gasteiger partial charge in [-0.25, -0.2) is 0 Å². The number of benzene rings is 1. The molecule has 1 atom stereocenters. The average molecular weight is 279 g/mol. The van der Waals surface area contributed by atoms with Gasteiger partial charge in [-0.05, 0) is 43.2 Å². The summed E-state index contributed by atoms with van der Waals surface area (Å²) in [5.41, 5.74) is 1.99. The van der Waals surface area contributed by atoms with Crippen LogP contribution in [-0.4, -0.2) is 37.0 Å². The van der Waals surface area contributed by atoms with E-state index in [1.807, 2.05) is 38.2 Å². The fourth-order valence-electron chi connectivity index (χ4n) is 2.15. The third-order valence-electron chi connectivity index (χ3n) is 3.54. The average Bonchev–Trinajstić information content (AvgIpc) is 2.93. The Labute approximate surface area is 119 Å². The van der Waals surface area contributed by atoms with Gasteiger partial charge in [-0.1, -0.05) is 23.7 Å². The van der Waals surface area contributed by atoms with Crippen LogP contribution in [-0.2, 0) is 4.79 Å². The number of nitrogens with zero attached hydrogens (tertiary/aromatic N) is 1. The zero-order valence-corrected chi connectivity index (χ0v) is 12.1. The van der Waals surface area contributed by atoms with Crippen molar-refractivity contribution in [1.29, 1.82) is 0 Å². The zero-order chi connectivity index (χ0) is 13.8. The van der Waals surface area contributed by atoms with Crippen molar-refractivity contribution in [3.8, 4) is 0 Å². The van der Waals surface area contributed by atoms with E-state index in [-0.39, 0.29) is 5.91 Å². The fourth-order valence-corrected chi connectivity index (χ4v) is 2.34. The summed E-state index contributed by atoms with van der Waals surface area (Å²) in [6.45, 7) is 3.83. The van der Waals surface area contributed by atoms with E-state index in [1.165, 1.54) is 0 Å². The largest absolute Gasteiger partial charge is 0.338 e. The van der Waals surface area contributed by atoms with E-state index in [0.717, 1.165) is 35.7 Å². The first kappa shape index (κ1) is 14.1. The number of carbonyl (C=O) groups excluding carboxylic acids is 1. The Morgan fingerprint density at radius 3 is 2.95 bits per heavy atom. The smallest absolute Gasteiger partial charge is 0.246 e. The van der Waals surface area contributed by atoms with Crippen molar-refractivity contribution in [3.63, 3.8) is 0 Å². The quantitative estimate of drug-likeness (QED) is 0.862. The van der Waals surface area contributed by atoms with Gasteiger partial charge in [0, 0.05) is 30.7 Å². The molecule has 2 rings (SSSR count). The molecule has 4 heteroatoms. The van der Waals surface area contributed by atoms with Gasteiger partial charge < -0.3 is 10.2 Å². The molecule has 0 aliphatic carbocycles. The zero-order valence-electron chi connectivity index (χ0n) is 11.3. The van der Waals surface area contributed by atoms with E-state index < -0.39 is 0 Å². The first-order valence-electron chi connectivity index (χ1n) is 6.49. The maximum absolute atomic E-state index is 12.0. The van der Waals surface area contributed by atoms with Gasteiger partial charge in [0.1, 0.15) is 0 Å². The van der Waals surface area contributed by atoms with E-state index in [9.17, 15) is 4.79 Å². The predicted molar refractivity (Wildman–Crippen MR) is 79.3 cm³/mol. The standard InChI is InChI=1S/C15H19ClN2O/c1-11-3-4-12(9-14(11)16)5-6-15(19)18(2)13-7-8-17-10-13/h3-6,9,13,17H,7-8,10H2,1-2H3. The van der Waals surface area contributed by atoms with Crippen LogP contribution in [0.2, 0.25) is 5.02 Å². The molecular weight excluding hydrogens is 260 g/mol. The minimum absolute atomic E-state index is 0.0328. The molecular formula is C15H19ClN2O. The summed E-state index contributed by atoms with van der Waals surface area (Å²) in [6, 6.07) is 6.09. The lowest BCUT2D eigenvalue weighted by Gasteiger charge is -2.22. The first-order chi connectivity index (χ1) is 9.08. The number of hydrogen-bond donors (Lipinski definition) is 1. The highest BCUT2D eigenvalue weighted by atomic mass is 35.5. The Kier molecular flexibility index (Phi) is 4.61. The molecule has 102 valence electrons. The minimum Gasteiger partial charge on any atom is -0.338 e. The molecule has 1 aromatic rings. The summed E-state index contributed by atoms with van der Waals surface area (Å²) in [4.78, 5) is 13.8. The molecule has 1 amide bonds. The molecule has 0 spiro atoms. The van der Waals surface area contributed by atoms with Gasteiger partial charge in [0.2, 0.25) is 5.91 Å². The van der Waals surface area contributed by atoms with E-state index in [0.29, 0.717) is 6.04 Å². The number of rotatable bonds is 3. The number of amides is 1. The number of halogens is 1. The van der Waals surface area contributed by atoms with Gasteiger partial charge in [0.05, 0.1) is 0 Å². The molecule has 1 saturated heterocycles. The Morgan fingerprint density at radius 2 is 2.32 bits per heavy atom. The lowest BCUT2D eigenvalue weighted by Crippen LogP contribution is -2.37. The summed E-state index contributed by atoms with van der Waals surface area (Å²) in [5.74, 6) is 0.0328. The van der Waals surface area contributed by atoms with Crippen molar-refractivity contribution in [3.05, 3.63) is 40.4 Å². The molecule has 0 bridgehead atoms. The predicted octanol–water partition coefficient (Wildman–Crippen LogP) is 2.48. The van der Waals surface area contributed by atoms with Gasteiger partial charge >= 0.3 is 0 Å². The molecule has 1 aliphatic heterocycles. The summed E-state index contributed by atoms with van der Waals surface area (Å²) in [6.07, 6.45) is 4.44. The van der Waals surface area contributed by atoms with Crippen molar-refractivity contribution < 1.29 is 4.79 Å². The molecule has 19 heavy (non-hydrogen) atoms. The van der Waals surface area contributed by atoms with Gasteiger partial charge in [-0.3, -0.25) is 4.79 Å². The van der Waals surface area contributed by atoms with Crippen LogP contribution in [0.5, 0.6) is 0 Å². The Balaban J connectivity index is 2.00. The Hall–Kier alpha value is -1.32. The van der Waals surface area contributed by atoms with Crippen LogP contribution in [0.15, 0.2) is 24.3 Å². The van der Waals surface area contributed by atoms with E-state index in [4.69, 9.17) is 11.6 Å². The van der Waals surface area contributed by atoms with E-state index in [2.05, 4.69) is 5.32 Å². The normalized spacial score (nSPS) is 19.0. The SMILES string of the molecule is Cc1ccc(C=CC(=O)N(C)C2CCNC2)cc1Cl. The third-order valence-corrected chi connectivity index (χ3v) is 3.95. The van der Waals surface area contributed by atoms with E-state index in [1.54, 1.807) is 11.0 Å². The number of hydrogen-bond acceptors (Lipinski definition) is 2. The van der Waals surface area contributed by atoms with Crippen LogP contribution in [0.3, 0.4) is 0 Å². The van der Waals surface area contributed by atoms with Crippen LogP contribution < -0.4 is 5.32 Å². The van der Waals surface area contributed by atoms with Crippen molar-refractivity contribution in [2.45, 2.75) is 19.4 Å². The van der Waals surface area contributed by atoms with Gasteiger partial charge in [-0.2, -0.15) is 0 Å². The van der Waals surface area contributed by atoms with Crippen molar-refractivity contribution in [2.24, 2.45) is 0 Å². The van der Waals surface area contributed by atoms with Crippen molar-refractivity contribution in [2.75, 3.05) is 20.1 Å². The molecule has 1 aromatic carbocycles. The minimum atomic E-state index is 0.0328. The maximum atomic E-state index is 12.0. The first-order valence-corrected chi connectivity index (χ1v) is 6.87. The van der Waals surface area contributed by atoms with E-state index >= 15 is 0 Å². The second-order valence-electron chi connectivity index (χ2n) is 4.94. The second-order valence-corrected chi connectivity index (χ2v) is 5.34. The monoisotopic (exact) mass is 278 g/mol. The highest BCUT2D eigenvalue weighted by molar-refractivity contribution is 6.31. The molecule has 0 saturated carbocycles. The Morgan fingerprint density at radius 1 is 1.53 bits per heavy atom. The van der Waals surface area contributed by atoms with Gasteiger partial charge in [-0.15, -0.1) is 0 Å². The molecule has 1 N–H and O–H groups in total. The Bertz CT molecular complexity index is 493. The third kappa shape index (κ3) is 3.58. The molecule has 1 fully saturated rings. The second kappa shape index (κ2) is 6.22. The number of carbonyl (C=O) groups is 1. The molecule has 1 heterocycles. The van der Waals surface area contributed by atoms with Crippen LogP contribution in [0.1, 0.15) is 17.5 Å². The summed E-state index contributed by atoms with van der Waals surface area (Å²) in [5, 5.41) is 3.99. The van der Waals surface area contributed by atoms with Gasteiger partial charge in [0.15, 0.2) is 0 Å². The number of likely N-dealkylation sites (N-methyl/N-ethyl adjacent to an activating group) is 1. The van der Waals surface area contributed by atoms with Crippen LogP contribution in [0.25, 0.3) is 6.08 Å². The van der Waals surface area contributed by atoms with Crippen LogP contribution in [0.4, 0.5) is 0 Å². The van der Waals surface area contributed by atoms with Crippen LogP contribution in [0, 0.1) is 6.92 Å². The lowest BCUT2D eigenvalue weighted by atomic mass is 10.1. The summed E-state index contributed by atoms with van der Waals surface area (Å²) >= 11 is 6.06. The topological polar surface area (TPSA) is 32.3 Å². The van der Waals surface area contributed by atoms with Crippen molar-refractivity contribution >= 4 is 23.6 Å². The summed E-state index contributed by atoms with van der Waals surface area (Å²) < 4.78 is 0. The molecule has 1 aliphatic rings. The molecule has 3 nitrogen and oxygen atoms in total. The van der Waals surface area contributed by atoms with Crippen molar-refractivity contribution in [1.82, 2.24) is 10.2 Å². The summed E-state index contributed by atoms with van der Waals surface area (Å²) in [7, 11) is 1.85. The highest BCUT2D eigenvalue weighted by Crippen LogP contribution is 2.17.